The van der Waals surface area contributed by atoms with Crippen LogP contribution in [0.4, 0.5) is 0 Å². The zero-order chi connectivity index (χ0) is 26.7. The van der Waals surface area contributed by atoms with Crippen molar-refractivity contribution in [3.05, 3.63) is 39.8 Å². The molecule has 10 heteroatoms. The Kier molecular flexibility index (Phi) is 12.4. The van der Waals surface area contributed by atoms with Gasteiger partial charge in [0.15, 0.2) is 0 Å². The lowest BCUT2D eigenvalue weighted by molar-refractivity contribution is -0.0309. The van der Waals surface area contributed by atoms with Crippen molar-refractivity contribution in [3.63, 3.8) is 0 Å². The number of aliphatic hydroxyl groups excluding tert-OH is 1. The zero-order valence-electron chi connectivity index (χ0n) is 22.1. The van der Waals surface area contributed by atoms with Crippen molar-refractivity contribution in [3.8, 4) is 17.1 Å². The van der Waals surface area contributed by atoms with E-state index in [1.807, 2.05) is 13.8 Å². The average molecular weight is 521 g/mol. The number of hydrogen-bond donors (Lipinski definition) is 3. The Morgan fingerprint density at radius 2 is 1.92 bits per heavy atom. The van der Waals surface area contributed by atoms with E-state index in [1.165, 1.54) is 12.8 Å². The van der Waals surface area contributed by atoms with E-state index >= 15 is 0 Å². The van der Waals surface area contributed by atoms with E-state index in [2.05, 4.69) is 23.8 Å². The third-order valence-electron chi connectivity index (χ3n) is 5.64. The molecule has 1 fully saturated rings. The van der Waals surface area contributed by atoms with Crippen LogP contribution in [0.1, 0.15) is 64.6 Å². The zero-order valence-corrected chi connectivity index (χ0v) is 22.9. The van der Waals surface area contributed by atoms with Crippen molar-refractivity contribution in [1.82, 2.24) is 14.3 Å². The Hall–Kier alpha value is -2.40. The molecule has 0 spiro atoms. The van der Waals surface area contributed by atoms with E-state index < -0.39 is 11.0 Å². The molecular formula is C26H40N4O5S. The maximum Gasteiger partial charge on any atom is 0.254 e. The molecule has 0 saturated carbocycles. The van der Waals surface area contributed by atoms with Gasteiger partial charge in [0.05, 0.1) is 47.8 Å². The Balaban J connectivity index is 0.00000106. The number of unbranched alkanes of at least 4 members (excludes halogenated alkanes) is 1. The highest BCUT2D eigenvalue weighted by atomic mass is 32.2. The average Bonchev–Trinajstić information content (AvgIpc) is 2.85. The minimum Gasteiger partial charge on any atom is -0.493 e. The van der Waals surface area contributed by atoms with E-state index in [0.29, 0.717) is 59.3 Å². The second kappa shape index (κ2) is 15.0. The number of aliphatic hydroxyl groups is 1. The smallest absolute Gasteiger partial charge is 0.254 e. The normalized spacial score (nSPS) is 14.5. The van der Waals surface area contributed by atoms with Crippen LogP contribution in [-0.2, 0) is 15.7 Å². The van der Waals surface area contributed by atoms with Gasteiger partial charge in [0, 0.05) is 18.7 Å². The highest BCUT2D eigenvalue weighted by Gasteiger charge is 2.32. The number of nitrogens with one attached hydrogen (secondary N) is 2. The molecule has 1 aliphatic rings. The number of benzene rings is 1. The minimum absolute atomic E-state index is 0.0404. The first-order chi connectivity index (χ1) is 17.3. The van der Waals surface area contributed by atoms with Crippen molar-refractivity contribution in [2.45, 2.75) is 71.3 Å². The summed E-state index contributed by atoms with van der Waals surface area (Å²) in [6, 6.07) is 5.17. The lowest BCUT2D eigenvalue weighted by atomic mass is 10.1. The van der Waals surface area contributed by atoms with Crippen LogP contribution < -0.4 is 10.3 Å². The number of ether oxygens (including phenoxy) is 2. The van der Waals surface area contributed by atoms with Crippen molar-refractivity contribution >= 4 is 16.7 Å². The number of aromatic nitrogens is 2. The number of hydrogen-bond acceptors (Lipinski definition) is 7. The Morgan fingerprint density at radius 1 is 1.22 bits per heavy atom. The quantitative estimate of drug-likeness (QED) is 0.365. The molecule has 200 valence electrons. The maximum atomic E-state index is 13.0. The Bertz CT molecular complexity index is 1080. The van der Waals surface area contributed by atoms with Gasteiger partial charge in [-0.05, 0) is 38.5 Å². The Morgan fingerprint density at radius 3 is 2.50 bits per heavy atom. The summed E-state index contributed by atoms with van der Waals surface area (Å²) >= 11 is 0. The molecule has 36 heavy (non-hydrogen) atoms. The first-order valence-corrected chi connectivity index (χ1v) is 13.8. The maximum absolute atomic E-state index is 13.0. The molecule has 0 radical (unpaired) electrons. The van der Waals surface area contributed by atoms with Crippen molar-refractivity contribution in [2.75, 3.05) is 32.9 Å². The van der Waals surface area contributed by atoms with Gasteiger partial charge in [0.25, 0.3) is 5.56 Å². The lowest BCUT2D eigenvalue weighted by Crippen LogP contribution is -2.52. The predicted molar refractivity (Wildman–Crippen MR) is 143 cm³/mol. The van der Waals surface area contributed by atoms with Gasteiger partial charge in [-0.1, -0.05) is 40.0 Å². The molecule has 0 aliphatic carbocycles. The summed E-state index contributed by atoms with van der Waals surface area (Å²) in [5.41, 5.74) is 1.29. The number of nitrogens with zero attached hydrogens (tertiary/aromatic N) is 2. The molecule has 2 heterocycles. The molecule has 0 bridgehead atoms. The molecule has 1 unspecified atom stereocenters. The van der Waals surface area contributed by atoms with Crippen LogP contribution in [0.5, 0.6) is 5.75 Å². The first-order valence-electron chi connectivity index (χ1n) is 12.7. The van der Waals surface area contributed by atoms with E-state index in [1.54, 1.807) is 29.4 Å². The van der Waals surface area contributed by atoms with Crippen molar-refractivity contribution in [2.24, 2.45) is 0 Å². The fourth-order valence-corrected chi connectivity index (χ4v) is 4.72. The molecule has 1 aliphatic heterocycles. The summed E-state index contributed by atoms with van der Waals surface area (Å²) in [6.07, 6.45) is 3.89. The molecule has 2 aromatic rings. The SMILES string of the molecule is CCCC.CCCC(=N)c1nc(-c2cc(S(=O)N3CC(OCCO)C3)ccc2OCC)[nH]c(=O)c1C. The molecule has 1 aromatic carbocycles. The van der Waals surface area contributed by atoms with Crippen molar-refractivity contribution in [1.29, 1.82) is 5.41 Å². The molecule has 3 N–H and O–H groups in total. The van der Waals surface area contributed by atoms with Crippen LogP contribution in [0.3, 0.4) is 0 Å². The second-order valence-corrected chi connectivity index (χ2v) is 10.0. The highest BCUT2D eigenvalue weighted by molar-refractivity contribution is 7.82. The second-order valence-electron chi connectivity index (χ2n) is 8.52. The van der Waals surface area contributed by atoms with E-state index in [4.69, 9.17) is 20.0 Å². The van der Waals surface area contributed by atoms with E-state index in [0.717, 1.165) is 6.42 Å². The number of aromatic amines is 1. The van der Waals surface area contributed by atoms with Gasteiger partial charge in [-0.2, -0.15) is 0 Å². The summed E-state index contributed by atoms with van der Waals surface area (Å²) in [7, 11) is -1.42. The highest BCUT2D eigenvalue weighted by Crippen LogP contribution is 2.31. The van der Waals surface area contributed by atoms with E-state index in [9.17, 15) is 9.00 Å². The van der Waals surface area contributed by atoms with Gasteiger partial charge >= 0.3 is 0 Å². The fraction of sp³-hybridized carbons (Fsp3) is 0.577. The Labute approximate surface area is 216 Å². The monoisotopic (exact) mass is 520 g/mol. The van der Waals surface area contributed by atoms with Gasteiger partial charge in [-0.3, -0.25) is 4.79 Å². The van der Waals surface area contributed by atoms with E-state index in [-0.39, 0.29) is 30.7 Å². The summed E-state index contributed by atoms with van der Waals surface area (Å²) in [5, 5.41) is 17.2. The standard InChI is InChI=1S/C22H30N4O5S.C4H10/c1-4-6-18(23)20-14(3)22(28)25-21(24-20)17-11-16(7-8-19(17)30-5-2)32(29)26-12-15(13-26)31-10-9-27;1-3-4-2/h7-8,11,15,23,27H,4-6,9-10,12-13H2,1-3H3,(H,24,25,28);3-4H2,1-2H3. The van der Waals surface area contributed by atoms with Gasteiger partial charge < -0.3 is 25.0 Å². The van der Waals surface area contributed by atoms with Gasteiger partial charge in [0.1, 0.15) is 22.6 Å². The topological polar surface area (TPSA) is 129 Å². The van der Waals surface area contributed by atoms with Gasteiger partial charge in [0.2, 0.25) is 0 Å². The van der Waals surface area contributed by atoms with Crippen LogP contribution in [0.2, 0.25) is 0 Å². The molecule has 3 rings (SSSR count). The fourth-order valence-electron chi connectivity index (χ4n) is 3.42. The van der Waals surface area contributed by atoms with Crippen LogP contribution in [0.15, 0.2) is 27.9 Å². The molecule has 9 nitrogen and oxygen atoms in total. The van der Waals surface area contributed by atoms with Crippen molar-refractivity contribution < 1.29 is 18.8 Å². The number of H-pyrrole nitrogens is 1. The van der Waals surface area contributed by atoms with Gasteiger partial charge in [-0.15, -0.1) is 0 Å². The molecule has 1 saturated heterocycles. The van der Waals surface area contributed by atoms with Crippen LogP contribution in [0, 0.1) is 12.3 Å². The molecular weight excluding hydrogens is 480 g/mol. The summed E-state index contributed by atoms with van der Waals surface area (Å²) < 4.78 is 26.0. The predicted octanol–water partition coefficient (Wildman–Crippen LogP) is 3.83. The summed E-state index contributed by atoms with van der Waals surface area (Å²) in [5.74, 6) is 0.799. The summed E-state index contributed by atoms with van der Waals surface area (Å²) in [6.45, 7) is 11.5. The summed E-state index contributed by atoms with van der Waals surface area (Å²) in [4.78, 5) is 20.5. The molecule has 1 aromatic heterocycles. The number of rotatable bonds is 12. The lowest BCUT2D eigenvalue weighted by Gasteiger charge is -2.37. The largest absolute Gasteiger partial charge is 0.493 e. The first kappa shape index (κ1) is 29.8. The molecule has 1 atom stereocenters. The molecule has 0 amide bonds. The van der Waals surface area contributed by atoms with Gasteiger partial charge in [-0.25, -0.2) is 13.5 Å². The van der Waals surface area contributed by atoms with Crippen LogP contribution in [0.25, 0.3) is 11.4 Å². The third kappa shape index (κ3) is 7.80. The third-order valence-corrected chi connectivity index (χ3v) is 7.06. The minimum atomic E-state index is -1.42. The van der Waals surface area contributed by atoms with Crippen LogP contribution >= 0.6 is 0 Å². The van der Waals surface area contributed by atoms with Crippen LogP contribution in [-0.4, -0.2) is 68.3 Å².